The zero-order chi connectivity index (χ0) is 28.8. The topological polar surface area (TPSA) is 74.2 Å². The van der Waals surface area contributed by atoms with E-state index in [0.29, 0.717) is 19.1 Å². The first-order chi connectivity index (χ1) is 19.6. The van der Waals surface area contributed by atoms with Gasteiger partial charge in [-0.2, -0.15) is 5.10 Å². The van der Waals surface area contributed by atoms with Gasteiger partial charge in [0.1, 0.15) is 11.6 Å². The third-order valence-electron chi connectivity index (χ3n) is 8.19. The third kappa shape index (κ3) is 14.4. The first-order valence-corrected chi connectivity index (χ1v) is 16.5. The second-order valence-electron chi connectivity index (χ2n) is 11.7. The maximum absolute atomic E-state index is 11.2. The average Bonchev–Trinajstić information content (AvgIpc) is 3.34. The molecule has 0 radical (unpaired) electrons. The predicted octanol–water partition coefficient (Wildman–Crippen LogP) is 9.26. The number of rotatable bonds is 23. The van der Waals surface area contributed by atoms with Gasteiger partial charge in [0.15, 0.2) is 0 Å². The summed E-state index contributed by atoms with van der Waals surface area (Å²) in [6.45, 7) is 7.99. The third-order valence-corrected chi connectivity index (χ3v) is 8.19. The Morgan fingerprint density at radius 3 is 2.08 bits per heavy atom. The van der Waals surface area contributed by atoms with Crippen LogP contribution in [0, 0.1) is 11.8 Å². The van der Waals surface area contributed by atoms with Crippen molar-refractivity contribution in [2.45, 2.75) is 143 Å². The van der Waals surface area contributed by atoms with Gasteiger partial charge in [-0.05, 0) is 30.9 Å². The Balaban J connectivity index is 1.66. The normalized spacial score (nSPS) is 15.7. The van der Waals surface area contributed by atoms with Crippen LogP contribution in [-0.4, -0.2) is 25.2 Å². The van der Waals surface area contributed by atoms with Crippen molar-refractivity contribution in [3.8, 4) is 5.75 Å². The SMILES string of the molecule is CCCCCCCCCCCCCCCCOc1cccc(N2CC(CC(CC)CCCC)C(OC(=O)[O-])=N2)c1. The number of ether oxygens (including phenoxy) is 2. The van der Waals surface area contributed by atoms with Gasteiger partial charge in [0.2, 0.25) is 0 Å². The number of carboxylic acid groups (broad SMARTS) is 1. The molecule has 1 aliphatic heterocycles. The average molecular weight is 558 g/mol. The minimum absolute atomic E-state index is 0.0557. The van der Waals surface area contributed by atoms with Gasteiger partial charge < -0.3 is 19.4 Å². The highest BCUT2D eigenvalue weighted by Crippen LogP contribution is 2.31. The van der Waals surface area contributed by atoms with E-state index in [4.69, 9.17) is 9.47 Å². The fourth-order valence-electron chi connectivity index (χ4n) is 5.66. The fraction of sp³-hybridized carbons (Fsp3) is 0.765. The molecule has 6 nitrogen and oxygen atoms in total. The molecule has 0 spiro atoms. The molecular weight excluding hydrogens is 500 g/mol. The zero-order valence-electron chi connectivity index (χ0n) is 25.8. The highest BCUT2D eigenvalue weighted by atomic mass is 16.7. The number of carbonyl (C=O) groups excluding carboxylic acids is 1. The highest BCUT2D eigenvalue weighted by Gasteiger charge is 2.29. The lowest BCUT2D eigenvalue weighted by Crippen LogP contribution is -2.30. The Labute approximate surface area is 244 Å². The molecule has 0 aliphatic carbocycles. The van der Waals surface area contributed by atoms with E-state index in [9.17, 15) is 9.90 Å². The van der Waals surface area contributed by atoms with Crippen LogP contribution in [0.2, 0.25) is 0 Å². The van der Waals surface area contributed by atoms with Crippen LogP contribution in [0.15, 0.2) is 29.4 Å². The second-order valence-corrected chi connectivity index (χ2v) is 11.7. The van der Waals surface area contributed by atoms with E-state index in [-0.39, 0.29) is 11.8 Å². The molecule has 2 atom stereocenters. The van der Waals surface area contributed by atoms with Gasteiger partial charge in [-0.3, -0.25) is 5.01 Å². The molecule has 1 aliphatic rings. The van der Waals surface area contributed by atoms with Crippen molar-refractivity contribution in [1.29, 1.82) is 0 Å². The number of anilines is 1. The van der Waals surface area contributed by atoms with Gasteiger partial charge in [-0.15, -0.1) is 0 Å². The van der Waals surface area contributed by atoms with Crippen molar-refractivity contribution in [3.63, 3.8) is 0 Å². The van der Waals surface area contributed by atoms with Crippen molar-refractivity contribution < 1.29 is 19.4 Å². The standard InChI is InChI=1S/C34H58N2O4/c1-4-7-9-10-11-12-13-14-15-16-17-18-19-20-25-39-32-24-21-23-31(27-32)36-28-30(33(35-36)40-34(37)38)26-29(6-3)22-8-5-2/h21,23-24,27,29-30H,4-20,22,25-26,28H2,1-3H3,(H,37,38)/p-1. The molecule has 228 valence electrons. The molecule has 2 rings (SSSR count). The van der Waals surface area contributed by atoms with Gasteiger partial charge in [-0.1, -0.05) is 136 Å². The van der Waals surface area contributed by atoms with E-state index < -0.39 is 6.16 Å². The Morgan fingerprint density at radius 2 is 1.50 bits per heavy atom. The molecular formula is C34H57N2O4-. The van der Waals surface area contributed by atoms with Gasteiger partial charge in [0, 0.05) is 12.0 Å². The first kappa shape index (κ1) is 34.0. The molecule has 6 heteroatoms. The van der Waals surface area contributed by atoms with E-state index >= 15 is 0 Å². The molecule has 0 saturated carbocycles. The molecule has 0 bridgehead atoms. The number of benzene rings is 1. The molecule has 2 unspecified atom stereocenters. The fourth-order valence-corrected chi connectivity index (χ4v) is 5.66. The molecule has 1 aromatic carbocycles. The van der Waals surface area contributed by atoms with Crippen molar-refractivity contribution in [2.75, 3.05) is 18.2 Å². The zero-order valence-corrected chi connectivity index (χ0v) is 25.8. The van der Waals surface area contributed by atoms with Crippen LogP contribution in [0.5, 0.6) is 5.75 Å². The summed E-state index contributed by atoms with van der Waals surface area (Å²) in [7, 11) is 0. The molecule has 0 fully saturated rings. The molecule has 0 amide bonds. The van der Waals surface area contributed by atoms with E-state index in [1.807, 2.05) is 29.3 Å². The number of nitrogens with zero attached hydrogens (tertiary/aromatic N) is 2. The molecule has 0 aromatic heterocycles. The summed E-state index contributed by atoms with van der Waals surface area (Å²) in [4.78, 5) is 11.2. The summed E-state index contributed by atoms with van der Waals surface area (Å²) >= 11 is 0. The molecule has 0 N–H and O–H groups in total. The Bertz CT molecular complexity index is 828. The van der Waals surface area contributed by atoms with Crippen molar-refractivity contribution in [2.24, 2.45) is 16.9 Å². The Kier molecular flexibility index (Phi) is 18.3. The van der Waals surface area contributed by atoms with Crippen LogP contribution >= 0.6 is 0 Å². The van der Waals surface area contributed by atoms with Crippen LogP contribution in [0.1, 0.15) is 143 Å². The molecule has 40 heavy (non-hydrogen) atoms. The lowest BCUT2D eigenvalue weighted by Gasteiger charge is -2.22. The number of hydrogen-bond donors (Lipinski definition) is 0. The van der Waals surface area contributed by atoms with Gasteiger partial charge in [-0.25, -0.2) is 0 Å². The predicted molar refractivity (Wildman–Crippen MR) is 165 cm³/mol. The summed E-state index contributed by atoms with van der Waals surface area (Å²) < 4.78 is 11.0. The van der Waals surface area contributed by atoms with Crippen LogP contribution in [0.3, 0.4) is 0 Å². The lowest BCUT2D eigenvalue weighted by molar-refractivity contribution is -0.273. The smallest absolute Gasteiger partial charge is 0.258 e. The van der Waals surface area contributed by atoms with Crippen LogP contribution in [0.4, 0.5) is 10.5 Å². The van der Waals surface area contributed by atoms with Gasteiger partial charge in [0.05, 0.1) is 18.8 Å². The molecule has 1 aromatic rings. The van der Waals surface area contributed by atoms with E-state index in [1.165, 1.54) is 89.9 Å². The summed E-state index contributed by atoms with van der Waals surface area (Å²) in [6.07, 6.45) is 22.7. The maximum Gasteiger partial charge on any atom is 0.258 e. The van der Waals surface area contributed by atoms with E-state index in [0.717, 1.165) is 43.5 Å². The quantitative estimate of drug-likeness (QED) is 0.0990. The van der Waals surface area contributed by atoms with Crippen LogP contribution in [0.25, 0.3) is 0 Å². The number of unbranched alkanes of at least 4 members (excludes halogenated alkanes) is 14. The van der Waals surface area contributed by atoms with Crippen LogP contribution < -0.4 is 14.9 Å². The van der Waals surface area contributed by atoms with E-state index in [1.54, 1.807) is 0 Å². The second kappa shape index (κ2) is 21.5. The highest BCUT2D eigenvalue weighted by molar-refractivity contribution is 5.89. The largest absolute Gasteiger partial charge is 0.498 e. The van der Waals surface area contributed by atoms with Gasteiger partial charge in [0.25, 0.3) is 6.16 Å². The first-order valence-electron chi connectivity index (χ1n) is 16.5. The van der Waals surface area contributed by atoms with Gasteiger partial charge >= 0.3 is 0 Å². The van der Waals surface area contributed by atoms with Crippen molar-refractivity contribution >= 4 is 17.7 Å². The van der Waals surface area contributed by atoms with Crippen LogP contribution in [-0.2, 0) is 4.74 Å². The lowest BCUT2D eigenvalue weighted by atomic mass is 9.88. The number of hydrazone groups is 1. The minimum atomic E-state index is -1.54. The Hall–Kier alpha value is -2.24. The maximum atomic E-state index is 11.2. The molecule has 1 heterocycles. The van der Waals surface area contributed by atoms with E-state index in [2.05, 4.69) is 25.9 Å². The summed E-state index contributed by atoms with van der Waals surface area (Å²) in [5, 5.41) is 17.6. The molecule has 0 saturated heterocycles. The van der Waals surface area contributed by atoms with Crippen molar-refractivity contribution in [3.05, 3.63) is 24.3 Å². The minimum Gasteiger partial charge on any atom is -0.498 e. The monoisotopic (exact) mass is 557 g/mol. The summed E-state index contributed by atoms with van der Waals surface area (Å²) in [5.41, 5.74) is 0.891. The number of hydrogen-bond acceptors (Lipinski definition) is 6. The number of carbonyl (C=O) groups is 1. The Morgan fingerprint density at radius 1 is 0.900 bits per heavy atom. The van der Waals surface area contributed by atoms with Crippen molar-refractivity contribution in [1.82, 2.24) is 0 Å². The summed E-state index contributed by atoms with van der Waals surface area (Å²) in [5.74, 6) is 1.55. The summed E-state index contributed by atoms with van der Waals surface area (Å²) in [6, 6.07) is 7.91.